The van der Waals surface area contributed by atoms with Crippen molar-refractivity contribution in [1.29, 1.82) is 0 Å². The van der Waals surface area contributed by atoms with Gasteiger partial charge in [-0.15, -0.1) is 35.3 Å². The summed E-state index contributed by atoms with van der Waals surface area (Å²) in [4.78, 5) is 39.6. The second-order valence-corrected chi connectivity index (χ2v) is 10.5. The number of hydrogen-bond donors (Lipinski definition) is 4. The van der Waals surface area contributed by atoms with E-state index in [1.165, 1.54) is 40.8 Å². The summed E-state index contributed by atoms with van der Waals surface area (Å²) in [5.41, 5.74) is 1.34. The number of alkyl carbamates (subject to hydrolysis) is 1. The molecule has 0 aliphatic heterocycles. The summed E-state index contributed by atoms with van der Waals surface area (Å²) in [5, 5.41) is 22.7. The topological polar surface area (TPSA) is 168 Å². The lowest BCUT2D eigenvalue weighted by Crippen LogP contribution is -2.24. The largest absolute Gasteiger partial charge is 0.447 e. The minimum Gasteiger partial charge on any atom is -0.447 e. The molecule has 0 bridgehead atoms. The monoisotopic (exact) mass is 538 g/mol. The summed E-state index contributed by atoms with van der Waals surface area (Å²) in [7, 11) is -1.25. The molecule has 12 nitrogen and oxygen atoms in total. The van der Waals surface area contributed by atoms with Gasteiger partial charge in [0.05, 0.1) is 58.2 Å². The number of carbonyl (C=O) groups excluding carboxylic acids is 2. The van der Waals surface area contributed by atoms with Gasteiger partial charge in [-0.25, -0.2) is 9.79 Å². The van der Waals surface area contributed by atoms with Gasteiger partial charge in [-0.2, -0.15) is 4.89 Å². The first kappa shape index (κ1) is 30.3. The molecule has 0 heterocycles. The molecule has 17 heteroatoms. The van der Waals surface area contributed by atoms with Crippen LogP contribution in [0.3, 0.4) is 0 Å². The van der Waals surface area contributed by atoms with Crippen molar-refractivity contribution in [3.8, 4) is 0 Å². The van der Waals surface area contributed by atoms with Crippen molar-refractivity contribution in [3.05, 3.63) is 0 Å². The summed E-state index contributed by atoms with van der Waals surface area (Å²) in [6.07, 6.45) is 0.500. The van der Waals surface area contributed by atoms with Gasteiger partial charge in [-0.05, 0) is 0 Å². The number of aliphatic imine (C=N–C) groups is 2. The minimum atomic E-state index is -1.25. The molecule has 1 atom stereocenters. The van der Waals surface area contributed by atoms with Crippen LogP contribution in [0.25, 0.3) is 0 Å². The van der Waals surface area contributed by atoms with E-state index in [0.29, 0.717) is 27.8 Å². The van der Waals surface area contributed by atoms with Gasteiger partial charge in [0.25, 0.3) is 5.24 Å². The summed E-state index contributed by atoms with van der Waals surface area (Å²) in [6, 6.07) is 0. The third kappa shape index (κ3) is 23.8. The number of nitrogens with zero attached hydrogens (tertiary/aromatic N) is 2. The number of thioether (sulfide) groups is 4. The zero-order valence-electron chi connectivity index (χ0n) is 16.5. The second kappa shape index (κ2) is 24.0. The SMILES string of the molecule is O=C(NCSC/N=C\S(=O)CSCSC(=O)NCSC/N=C/OOCCO)OCCO. The molecule has 0 aromatic heterocycles. The molecule has 0 rings (SSSR count). The van der Waals surface area contributed by atoms with E-state index in [1.807, 2.05) is 0 Å². The maximum atomic E-state index is 11.8. The molecule has 0 aromatic rings. The van der Waals surface area contributed by atoms with Crippen LogP contribution in [-0.4, -0.2) is 97.8 Å². The first-order valence-electron chi connectivity index (χ1n) is 8.50. The number of nitrogens with one attached hydrogen (secondary N) is 2. The predicted octanol–water partition coefficient (Wildman–Crippen LogP) is 0.838. The number of hydrogen-bond acceptors (Lipinski definition) is 14. The Labute approximate surface area is 199 Å². The summed E-state index contributed by atoms with van der Waals surface area (Å²) < 4.78 is 16.4. The molecule has 0 saturated heterocycles. The molecule has 2 amide bonds. The summed E-state index contributed by atoms with van der Waals surface area (Å²) in [6.45, 7) is -0.362. The number of carbonyl (C=O) groups is 2. The van der Waals surface area contributed by atoms with Crippen molar-refractivity contribution in [2.24, 2.45) is 9.98 Å². The van der Waals surface area contributed by atoms with Crippen LogP contribution >= 0.6 is 47.0 Å². The first-order chi connectivity index (χ1) is 15.1. The van der Waals surface area contributed by atoms with Crippen LogP contribution < -0.4 is 10.6 Å². The highest BCUT2D eigenvalue weighted by atomic mass is 32.2. The third-order valence-corrected chi connectivity index (χ3v) is 7.20. The normalized spacial score (nSPS) is 12.2. The average Bonchev–Trinajstić information content (AvgIpc) is 2.76. The molecule has 0 fully saturated rings. The summed E-state index contributed by atoms with van der Waals surface area (Å²) >= 11 is 5.11. The zero-order chi connectivity index (χ0) is 23.0. The zero-order valence-corrected chi connectivity index (χ0v) is 20.6. The Morgan fingerprint density at radius 2 is 1.71 bits per heavy atom. The van der Waals surface area contributed by atoms with Crippen LogP contribution in [0.15, 0.2) is 9.98 Å². The quantitative estimate of drug-likeness (QED) is 0.0457. The Kier molecular flexibility index (Phi) is 23.4. The maximum Gasteiger partial charge on any atom is 0.407 e. The second-order valence-electron chi connectivity index (χ2n) is 4.64. The molecule has 1 unspecified atom stereocenters. The van der Waals surface area contributed by atoms with Crippen molar-refractivity contribution in [2.45, 2.75) is 0 Å². The van der Waals surface area contributed by atoms with Crippen LogP contribution in [-0.2, 0) is 25.3 Å². The molecule has 0 aliphatic rings. The number of amides is 2. The van der Waals surface area contributed by atoms with E-state index in [-0.39, 0.29) is 37.5 Å². The van der Waals surface area contributed by atoms with Crippen LogP contribution in [0, 0.1) is 0 Å². The highest BCUT2D eigenvalue weighted by Gasteiger charge is 2.03. The lowest BCUT2D eigenvalue weighted by Gasteiger charge is -2.04. The van der Waals surface area contributed by atoms with Crippen LogP contribution in [0.1, 0.15) is 0 Å². The lowest BCUT2D eigenvalue weighted by molar-refractivity contribution is -0.221. The fourth-order valence-electron chi connectivity index (χ4n) is 1.19. The average molecular weight is 539 g/mol. The van der Waals surface area contributed by atoms with Gasteiger partial charge in [-0.3, -0.25) is 14.0 Å². The van der Waals surface area contributed by atoms with Crippen LogP contribution in [0.2, 0.25) is 0 Å². The minimum absolute atomic E-state index is 0.0569. The molecular weight excluding hydrogens is 513 g/mol. The highest BCUT2D eigenvalue weighted by molar-refractivity contribution is 8.27. The van der Waals surface area contributed by atoms with Gasteiger partial charge in [0.1, 0.15) is 13.2 Å². The molecule has 4 N–H and O–H groups in total. The number of ether oxygens (including phenoxy) is 1. The fourth-order valence-corrected chi connectivity index (χ4v) is 5.32. The van der Waals surface area contributed by atoms with E-state index in [1.54, 1.807) is 0 Å². The standard InChI is InChI=1S/C14H26N4O8S5/c19-1-3-24-13(21)17-8-28-7-16-10-31(23)12-29-11-30-14(22)18-9-27-6-15-5-26-25-4-2-20/h5,10,19-20H,1-4,6-9,11-12H2,(H,17,21)(H,18,22)/b15-5+,16-10-. The van der Waals surface area contributed by atoms with Gasteiger partial charge in [0, 0.05) is 5.08 Å². The number of aliphatic hydroxyl groups excluding tert-OH is 2. The van der Waals surface area contributed by atoms with Gasteiger partial charge in [-0.1, -0.05) is 11.8 Å². The van der Waals surface area contributed by atoms with Crippen molar-refractivity contribution in [1.82, 2.24) is 10.6 Å². The molecule has 31 heavy (non-hydrogen) atoms. The Balaban J connectivity index is 3.51. The van der Waals surface area contributed by atoms with Crippen molar-refractivity contribution >= 4 is 81.1 Å². The Bertz CT molecular complexity index is 559. The fraction of sp³-hybridized carbons (Fsp3) is 0.714. The van der Waals surface area contributed by atoms with Crippen LogP contribution in [0.5, 0.6) is 0 Å². The van der Waals surface area contributed by atoms with Gasteiger partial charge < -0.3 is 30.5 Å². The smallest absolute Gasteiger partial charge is 0.407 e. The molecule has 0 aromatic carbocycles. The first-order valence-corrected chi connectivity index (χ1v) is 14.3. The van der Waals surface area contributed by atoms with Gasteiger partial charge in [0.2, 0.25) is 6.40 Å². The van der Waals surface area contributed by atoms with E-state index in [0.717, 1.165) is 18.2 Å². The van der Waals surface area contributed by atoms with Crippen molar-refractivity contribution < 1.29 is 38.5 Å². The summed E-state index contributed by atoms with van der Waals surface area (Å²) in [5.74, 6) is 1.38. The van der Waals surface area contributed by atoms with E-state index in [2.05, 4.69) is 35.1 Å². The van der Waals surface area contributed by atoms with Gasteiger partial charge >= 0.3 is 6.09 Å². The Hall–Kier alpha value is -0.690. The van der Waals surface area contributed by atoms with Crippen molar-refractivity contribution in [2.75, 3.05) is 60.1 Å². The molecule has 180 valence electrons. The predicted molar refractivity (Wildman–Crippen MR) is 129 cm³/mol. The Morgan fingerprint density at radius 3 is 2.45 bits per heavy atom. The molecule has 0 spiro atoms. The maximum absolute atomic E-state index is 11.8. The van der Waals surface area contributed by atoms with Gasteiger partial charge in [0.15, 0.2) is 0 Å². The van der Waals surface area contributed by atoms with Crippen LogP contribution in [0.4, 0.5) is 9.59 Å². The van der Waals surface area contributed by atoms with E-state index in [4.69, 9.17) is 10.2 Å². The lowest BCUT2D eigenvalue weighted by atomic mass is 10.8. The molecule has 0 saturated carbocycles. The molecular formula is C14H26N4O8S5. The highest BCUT2D eigenvalue weighted by Crippen LogP contribution is 2.14. The third-order valence-electron chi connectivity index (χ3n) is 2.32. The van der Waals surface area contributed by atoms with Crippen molar-refractivity contribution in [3.63, 3.8) is 0 Å². The Morgan fingerprint density at radius 1 is 1.00 bits per heavy atom. The number of aliphatic hydroxyl groups is 2. The van der Waals surface area contributed by atoms with E-state index in [9.17, 15) is 13.8 Å². The number of rotatable bonds is 19. The van der Waals surface area contributed by atoms with E-state index < -0.39 is 16.9 Å². The van der Waals surface area contributed by atoms with E-state index >= 15 is 0 Å². The molecule has 0 radical (unpaired) electrons. The molecule has 0 aliphatic carbocycles.